The average molecular weight is 626 g/mol. The second-order valence-electron chi connectivity index (χ2n) is 7.87. The van der Waals surface area contributed by atoms with Crippen molar-refractivity contribution in [1.29, 1.82) is 0 Å². The summed E-state index contributed by atoms with van der Waals surface area (Å²) in [4.78, 5) is 71.3. The third-order valence-corrected chi connectivity index (χ3v) is 9.30. The molecule has 0 saturated carbocycles. The van der Waals surface area contributed by atoms with Crippen LogP contribution in [0.4, 0.5) is 9.93 Å². The molecule has 2 aliphatic heterocycles. The largest absolute Gasteiger partial charge is 0.511 e. The predicted octanol–water partition coefficient (Wildman–Crippen LogP) is 0.748. The molecule has 4 N–H and O–H groups in total. The Kier molecular flexibility index (Phi) is 10.1. The van der Waals surface area contributed by atoms with Crippen LogP contribution in [0.25, 0.3) is 0 Å². The number of hydrogen-bond donors (Lipinski definition) is 3. The summed E-state index contributed by atoms with van der Waals surface area (Å²) < 4.78 is 13.7. The lowest BCUT2D eigenvalue weighted by molar-refractivity contribution is -0.172. The van der Waals surface area contributed by atoms with E-state index in [1.807, 2.05) is 0 Å². The molecular formula is C20H24ClN5O10S3. The molecule has 0 radical (unpaired) electrons. The number of β-lactam (4-membered cyclic amide) rings is 1. The normalized spacial score (nSPS) is 23.1. The Hall–Kier alpha value is -2.96. The van der Waals surface area contributed by atoms with Gasteiger partial charge in [0.2, 0.25) is 18.8 Å². The second kappa shape index (κ2) is 12.9. The molecule has 0 aromatic carbocycles. The first kappa shape index (κ1) is 30.6. The van der Waals surface area contributed by atoms with E-state index in [1.54, 1.807) is 13.2 Å². The molecule has 3 unspecified atom stereocenters. The maximum Gasteiger partial charge on any atom is 0.511 e. The SMILES string of the molecule is CCOC(=O)OC(C)OC(=O)C1(SC)CS[C@@H]2C(NC(=O)C(=NOCC(=O)O)c3nc(N)sc3Cl)C(=O)N2C1. The quantitative estimate of drug-likeness (QED) is 0.102. The number of nitrogens with two attached hydrogens (primary N) is 1. The minimum atomic E-state index is -1.33. The lowest BCUT2D eigenvalue weighted by Crippen LogP contribution is -2.75. The summed E-state index contributed by atoms with van der Waals surface area (Å²) in [6.45, 7) is 2.21. The van der Waals surface area contributed by atoms with Crippen molar-refractivity contribution in [3.8, 4) is 0 Å². The Morgan fingerprint density at radius 1 is 1.38 bits per heavy atom. The van der Waals surface area contributed by atoms with Gasteiger partial charge in [-0.15, -0.1) is 23.5 Å². The Morgan fingerprint density at radius 2 is 2.10 bits per heavy atom. The number of fused-ring (bicyclic) bond motifs is 1. The molecule has 1 aromatic rings. The van der Waals surface area contributed by atoms with Crippen molar-refractivity contribution in [3.63, 3.8) is 0 Å². The predicted molar refractivity (Wildman–Crippen MR) is 141 cm³/mol. The van der Waals surface area contributed by atoms with Crippen LogP contribution in [0.2, 0.25) is 4.34 Å². The smallest absolute Gasteiger partial charge is 0.479 e. The van der Waals surface area contributed by atoms with E-state index in [4.69, 9.17) is 36.8 Å². The number of aromatic nitrogens is 1. The van der Waals surface area contributed by atoms with Gasteiger partial charge in [-0.3, -0.25) is 14.4 Å². The standard InChI is InChI=1S/C20H24ClN5O10S3/c1-4-33-19(32)36-8(2)35-17(31)20(37-3)6-26-15(30)12(16(26)38-7-20)23-14(29)11(25-34-5-9(27)28)10-13(21)39-18(22)24-10/h8,12,16H,4-7H2,1-3H3,(H2,22,24)(H,23,29)(H,27,28)/t8?,12?,16-,20?/m1/s1. The number of hydrogen-bond acceptors (Lipinski definition) is 15. The van der Waals surface area contributed by atoms with Crippen molar-refractivity contribution < 1.29 is 48.1 Å². The number of halogens is 1. The molecule has 214 valence electrons. The number of aliphatic carboxylic acids is 1. The molecule has 1 aromatic heterocycles. The van der Waals surface area contributed by atoms with Crippen LogP contribution in [0.15, 0.2) is 5.16 Å². The minimum Gasteiger partial charge on any atom is -0.479 e. The van der Waals surface area contributed by atoms with E-state index in [2.05, 4.69) is 20.2 Å². The van der Waals surface area contributed by atoms with Gasteiger partial charge in [0.1, 0.15) is 26.2 Å². The van der Waals surface area contributed by atoms with Gasteiger partial charge in [0, 0.05) is 19.2 Å². The maximum atomic E-state index is 13.0. The third-order valence-electron chi connectivity index (χ3n) is 5.29. The van der Waals surface area contributed by atoms with E-state index in [0.29, 0.717) is 0 Å². The van der Waals surface area contributed by atoms with Crippen LogP contribution in [-0.4, -0.2) is 105 Å². The maximum absolute atomic E-state index is 13.0. The molecular weight excluding hydrogens is 602 g/mol. The van der Waals surface area contributed by atoms with Crippen molar-refractivity contribution in [2.45, 2.75) is 36.3 Å². The van der Waals surface area contributed by atoms with Gasteiger partial charge in [0.15, 0.2) is 10.8 Å². The Bertz CT molecular complexity index is 1180. The van der Waals surface area contributed by atoms with Crippen molar-refractivity contribution in [1.82, 2.24) is 15.2 Å². The van der Waals surface area contributed by atoms with Crippen LogP contribution in [0, 0.1) is 0 Å². The highest BCUT2D eigenvalue weighted by atomic mass is 35.5. The molecule has 0 bridgehead atoms. The monoisotopic (exact) mass is 625 g/mol. The molecule has 2 saturated heterocycles. The van der Waals surface area contributed by atoms with Gasteiger partial charge >= 0.3 is 18.1 Å². The third kappa shape index (κ3) is 6.98. The number of nitrogen functional groups attached to an aromatic ring is 1. The Balaban J connectivity index is 1.67. The Morgan fingerprint density at radius 3 is 2.69 bits per heavy atom. The summed E-state index contributed by atoms with van der Waals surface area (Å²) in [6.07, 6.45) is -0.510. The van der Waals surface area contributed by atoms with Crippen LogP contribution in [0.3, 0.4) is 0 Å². The molecule has 19 heteroatoms. The van der Waals surface area contributed by atoms with Crippen molar-refractivity contribution in [2.75, 3.05) is 37.5 Å². The fraction of sp³-hybridized carbons (Fsp3) is 0.550. The average Bonchev–Trinajstić information content (AvgIpc) is 3.21. The van der Waals surface area contributed by atoms with E-state index in [0.717, 1.165) is 11.3 Å². The van der Waals surface area contributed by atoms with Crippen LogP contribution in [-0.2, 0) is 38.2 Å². The lowest BCUT2D eigenvalue weighted by Gasteiger charge is -2.53. The topological polar surface area (TPSA) is 209 Å². The summed E-state index contributed by atoms with van der Waals surface area (Å²) in [7, 11) is 0. The molecule has 39 heavy (non-hydrogen) atoms. The fourth-order valence-corrected chi connectivity index (χ4v) is 6.94. The van der Waals surface area contributed by atoms with Gasteiger partial charge in [0.05, 0.1) is 6.61 Å². The zero-order valence-corrected chi connectivity index (χ0v) is 23.9. The van der Waals surface area contributed by atoms with Gasteiger partial charge in [-0.1, -0.05) is 28.1 Å². The van der Waals surface area contributed by atoms with Gasteiger partial charge in [-0.25, -0.2) is 14.6 Å². The molecule has 0 spiro atoms. The van der Waals surface area contributed by atoms with Crippen LogP contribution in [0.5, 0.6) is 0 Å². The first-order chi connectivity index (χ1) is 18.4. The molecule has 4 atom stereocenters. The number of rotatable bonds is 11. The van der Waals surface area contributed by atoms with Gasteiger partial charge in [-0.05, 0) is 13.2 Å². The van der Waals surface area contributed by atoms with Crippen LogP contribution < -0.4 is 11.1 Å². The number of nitrogens with zero attached hydrogens (tertiary/aromatic N) is 3. The highest BCUT2D eigenvalue weighted by Crippen LogP contribution is 2.44. The number of thioether (sulfide) groups is 2. The van der Waals surface area contributed by atoms with Gasteiger partial charge < -0.3 is 40.1 Å². The highest BCUT2D eigenvalue weighted by Gasteiger charge is 2.58. The number of ether oxygens (including phenoxy) is 3. The summed E-state index contributed by atoms with van der Waals surface area (Å²) in [6, 6.07) is -0.983. The number of thiazole rings is 1. The van der Waals surface area contributed by atoms with Crippen LogP contribution >= 0.6 is 46.5 Å². The Labute approximate surface area is 239 Å². The number of carbonyl (C=O) groups is 5. The number of carboxylic acids is 1. The summed E-state index contributed by atoms with van der Waals surface area (Å²) in [5, 5.41) is 14.4. The number of esters is 1. The first-order valence-corrected chi connectivity index (χ1v) is 14.6. The second-order valence-corrected chi connectivity index (χ2v) is 11.8. The number of carbonyl (C=O) groups excluding carboxylic acids is 4. The van der Waals surface area contributed by atoms with Gasteiger partial charge in [-0.2, -0.15) is 0 Å². The molecule has 2 amide bonds. The summed E-state index contributed by atoms with van der Waals surface area (Å²) >= 11 is 9.38. The van der Waals surface area contributed by atoms with Crippen molar-refractivity contribution in [3.05, 3.63) is 10.0 Å². The van der Waals surface area contributed by atoms with E-state index in [9.17, 15) is 24.0 Å². The number of oxime groups is 1. The lowest BCUT2D eigenvalue weighted by atomic mass is 10.0. The number of carboxylic acid groups (broad SMARTS) is 1. The van der Waals surface area contributed by atoms with Crippen LogP contribution in [0.1, 0.15) is 19.5 Å². The zero-order valence-electron chi connectivity index (χ0n) is 20.7. The first-order valence-electron chi connectivity index (χ1n) is 11.1. The molecule has 0 aliphatic carbocycles. The number of anilines is 1. The number of nitrogens with one attached hydrogen (secondary N) is 1. The molecule has 15 nitrogen and oxygen atoms in total. The molecule has 2 fully saturated rings. The minimum absolute atomic E-state index is 0.0124. The molecule has 2 aliphatic rings. The van der Waals surface area contributed by atoms with Crippen molar-refractivity contribution >= 4 is 87.2 Å². The van der Waals surface area contributed by atoms with E-state index < -0.39 is 64.7 Å². The zero-order chi connectivity index (χ0) is 28.9. The van der Waals surface area contributed by atoms with Gasteiger partial charge in [0.25, 0.3) is 5.91 Å². The van der Waals surface area contributed by atoms with E-state index >= 15 is 0 Å². The summed E-state index contributed by atoms with van der Waals surface area (Å²) in [5.74, 6) is -3.16. The van der Waals surface area contributed by atoms with Crippen molar-refractivity contribution in [2.24, 2.45) is 5.16 Å². The van der Waals surface area contributed by atoms with E-state index in [1.165, 1.54) is 35.3 Å². The highest BCUT2D eigenvalue weighted by molar-refractivity contribution is 8.04. The van der Waals surface area contributed by atoms with E-state index in [-0.39, 0.29) is 34.1 Å². The molecule has 3 heterocycles. The summed E-state index contributed by atoms with van der Waals surface area (Å²) in [5.41, 5.74) is 5.05. The number of amides is 2. The fourth-order valence-electron chi connectivity index (χ4n) is 3.47. The molecule has 3 rings (SSSR count).